The largest absolute Gasteiger partial charge is 0.481 e. The number of thiazole rings is 1. The molecule has 3 aromatic heterocycles. The summed E-state index contributed by atoms with van der Waals surface area (Å²) in [6, 6.07) is 11.8. The van der Waals surface area contributed by atoms with E-state index in [1.165, 1.54) is 17.7 Å². The highest BCUT2D eigenvalue weighted by Crippen LogP contribution is 2.39. The Morgan fingerprint density at radius 3 is 2.50 bits per heavy atom. The second kappa shape index (κ2) is 8.08. The van der Waals surface area contributed by atoms with Gasteiger partial charge in [0.05, 0.1) is 22.2 Å². The molecule has 2 N–H and O–H groups in total. The molecular weight excluding hydrogens is 400 g/mol. The molecule has 0 aliphatic rings. The number of aromatic nitrogens is 3. The molecule has 0 saturated heterocycles. The molecule has 152 valence electrons. The SMILES string of the molecule is CC(C)(CNc1nc(-c2ccc(-c3cnco3)cc2)c(-c2cccnc2)s1)C(=O)O. The molecule has 0 saturated carbocycles. The minimum Gasteiger partial charge on any atom is -0.481 e. The summed E-state index contributed by atoms with van der Waals surface area (Å²) in [5.41, 5.74) is 2.73. The second-order valence-corrected chi connectivity index (χ2v) is 8.42. The number of benzene rings is 1. The van der Waals surface area contributed by atoms with Gasteiger partial charge in [-0.3, -0.25) is 9.78 Å². The first-order chi connectivity index (χ1) is 14.4. The molecule has 7 nitrogen and oxygen atoms in total. The van der Waals surface area contributed by atoms with Gasteiger partial charge in [-0.1, -0.05) is 41.7 Å². The number of hydrogen-bond donors (Lipinski definition) is 2. The topological polar surface area (TPSA) is 101 Å². The Labute approximate surface area is 177 Å². The van der Waals surface area contributed by atoms with E-state index in [9.17, 15) is 9.90 Å². The number of carboxylic acid groups (broad SMARTS) is 1. The Morgan fingerprint density at radius 2 is 1.87 bits per heavy atom. The van der Waals surface area contributed by atoms with Crippen LogP contribution in [-0.4, -0.2) is 32.6 Å². The Morgan fingerprint density at radius 1 is 1.10 bits per heavy atom. The van der Waals surface area contributed by atoms with Crippen LogP contribution in [0, 0.1) is 5.41 Å². The number of anilines is 1. The predicted octanol–water partition coefficient (Wildman–Crippen LogP) is 5.05. The highest BCUT2D eigenvalue weighted by atomic mass is 32.1. The molecule has 0 unspecified atom stereocenters. The van der Waals surface area contributed by atoms with Gasteiger partial charge < -0.3 is 14.8 Å². The summed E-state index contributed by atoms with van der Waals surface area (Å²) < 4.78 is 5.35. The van der Waals surface area contributed by atoms with Gasteiger partial charge in [-0.25, -0.2) is 9.97 Å². The number of pyridine rings is 1. The minimum absolute atomic E-state index is 0.270. The Bertz CT molecular complexity index is 1140. The van der Waals surface area contributed by atoms with E-state index in [1.807, 2.05) is 36.4 Å². The van der Waals surface area contributed by atoms with Gasteiger partial charge in [0.15, 0.2) is 17.3 Å². The molecule has 4 aromatic rings. The van der Waals surface area contributed by atoms with Crippen molar-refractivity contribution < 1.29 is 14.3 Å². The molecule has 0 fully saturated rings. The van der Waals surface area contributed by atoms with Crippen LogP contribution in [0.25, 0.3) is 33.0 Å². The molecule has 1 aromatic carbocycles. The number of nitrogens with zero attached hydrogens (tertiary/aromatic N) is 3. The average molecular weight is 420 g/mol. The summed E-state index contributed by atoms with van der Waals surface area (Å²) in [7, 11) is 0. The zero-order chi connectivity index (χ0) is 21.1. The van der Waals surface area contributed by atoms with Crippen LogP contribution in [-0.2, 0) is 4.79 Å². The summed E-state index contributed by atoms with van der Waals surface area (Å²) in [4.78, 5) is 25.3. The predicted molar refractivity (Wildman–Crippen MR) is 116 cm³/mol. The summed E-state index contributed by atoms with van der Waals surface area (Å²) in [5, 5.41) is 13.2. The van der Waals surface area contributed by atoms with Crippen molar-refractivity contribution in [2.45, 2.75) is 13.8 Å². The zero-order valence-electron chi connectivity index (χ0n) is 16.5. The van der Waals surface area contributed by atoms with Crippen LogP contribution in [0.4, 0.5) is 5.13 Å². The third kappa shape index (κ3) is 4.08. The number of carbonyl (C=O) groups is 1. The molecule has 8 heteroatoms. The Kier molecular flexibility index (Phi) is 5.33. The lowest BCUT2D eigenvalue weighted by Crippen LogP contribution is -2.31. The molecule has 30 heavy (non-hydrogen) atoms. The van der Waals surface area contributed by atoms with Crippen molar-refractivity contribution in [3.8, 4) is 33.0 Å². The lowest BCUT2D eigenvalue weighted by atomic mass is 9.94. The van der Waals surface area contributed by atoms with Crippen molar-refractivity contribution in [1.82, 2.24) is 15.0 Å². The highest BCUT2D eigenvalue weighted by Gasteiger charge is 2.27. The smallest absolute Gasteiger partial charge is 0.310 e. The first-order valence-electron chi connectivity index (χ1n) is 9.32. The van der Waals surface area contributed by atoms with Gasteiger partial charge in [-0.2, -0.15) is 0 Å². The van der Waals surface area contributed by atoms with Crippen molar-refractivity contribution in [2.75, 3.05) is 11.9 Å². The molecule has 4 rings (SSSR count). The van der Waals surface area contributed by atoms with Crippen molar-refractivity contribution in [3.05, 3.63) is 61.4 Å². The van der Waals surface area contributed by atoms with Gasteiger partial charge in [0.1, 0.15) is 0 Å². The van der Waals surface area contributed by atoms with Crippen molar-refractivity contribution >= 4 is 22.4 Å². The maximum absolute atomic E-state index is 11.4. The number of rotatable bonds is 7. The van der Waals surface area contributed by atoms with E-state index in [4.69, 9.17) is 9.40 Å². The van der Waals surface area contributed by atoms with E-state index in [2.05, 4.69) is 15.3 Å². The fourth-order valence-electron chi connectivity index (χ4n) is 2.81. The molecular formula is C22H20N4O3S. The van der Waals surface area contributed by atoms with E-state index in [0.29, 0.717) is 10.9 Å². The number of oxazole rings is 1. The normalized spacial score (nSPS) is 11.4. The van der Waals surface area contributed by atoms with Crippen molar-refractivity contribution in [1.29, 1.82) is 0 Å². The summed E-state index contributed by atoms with van der Waals surface area (Å²) >= 11 is 1.48. The second-order valence-electron chi connectivity index (χ2n) is 7.42. The van der Waals surface area contributed by atoms with Crippen LogP contribution >= 0.6 is 11.3 Å². The third-order valence-corrected chi connectivity index (χ3v) is 5.75. The molecule has 0 amide bonds. The van der Waals surface area contributed by atoms with Gasteiger partial charge in [0, 0.05) is 35.6 Å². The zero-order valence-corrected chi connectivity index (χ0v) is 17.3. The lowest BCUT2D eigenvalue weighted by molar-refractivity contribution is -0.146. The van der Waals surface area contributed by atoms with Gasteiger partial charge in [0.2, 0.25) is 0 Å². The number of nitrogens with one attached hydrogen (secondary N) is 1. The van der Waals surface area contributed by atoms with E-state index in [1.54, 1.807) is 32.4 Å². The van der Waals surface area contributed by atoms with Crippen LogP contribution < -0.4 is 5.32 Å². The van der Waals surface area contributed by atoms with E-state index >= 15 is 0 Å². The first-order valence-corrected chi connectivity index (χ1v) is 10.1. The van der Waals surface area contributed by atoms with Crippen molar-refractivity contribution in [3.63, 3.8) is 0 Å². The van der Waals surface area contributed by atoms with Gasteiger partial charge in [0.25, 0.3) is 0 Å². The van der Waals surface area contributed by atoms with E-state index in [-0.39, 0.29) is 6.54 Å². The number of carboxylic acids is 1. The first kappa shape index (κ1) is 19.8. The summed E-state index contributed by atoms with van der Waals surface area (Å²) in [6.07, 6.45) is 6.60. The molecule has 3 heterocycles. The molecule has 0 spiro atoms. The average Bonchev–Trinajstić information content (AvgIpc) is 3.43. The standard InChI is InChI=1S/C22H20N4O3S/c1-22(2,20(27)28)12-25-21-26-18(19(30-21)16-4-3-9-23-10-16)15-7-5-14(6-8-15)17-11-24-13-29-17/h3-11,13H,12H2,1-2H3,(H,25,26)(H,27,28). The maximum Gasteiger partial charge on any atom is 0.310 e. The number of hydrogen-bond acceptors (Lipinski definition) is 7. The van der Waals surface area contributed by atoms with Gasteiger partial charge in [-0.15, -0.1) is 0 Å². The summed E-state index contributed by atoms with van der Waals surface area (Å²) in [5.74, 6) is -0.159. The lowest BCUT2D eigenvalue weighted by Gasteiger charge is -2.18. The number of aliphatic carboxylic acids is 1. The fraction of sp³-hybridized carbons (Fsp3) is 0.182. The van der Waals surface area contributed by atoms with Crippen LogP contribution in [0.5, 0.6) is 0 Å². The Hall–Kier alpha value is -3.52. The Balaban J connectivity index is 1.69. The van der Waals surface area contributed by atoms with Crippen LogP contribution in [0.2, 0.25) is 0 Å². The minimum atomic E-state index is -0.904. The molecule has 0 aliphatic carbocycles. The molecule has 0 radical (unpaired) electrons. The molecule has 0 atom stereocenters. The molecule has 0 bridgehead atoms. The monoisotopic (exact) mass is 420 g/mol. The third-order valence-electron chi connectivity index (χ3n) is 4.69. The molecule has 0 aliphatic heterocycles. The van der Waals surface area contributed by atoms with Crippen LogP contribution in [0.1, 0.15) is 13.8 Å². The quantitative estimate of drug-likeness (QED) is 0.431. The fourth-order valence-corrected chi connectivity index (χ4v) is 3.78. The van der Waals surface area contributed by atoms with E-state index < -0.39 is 11.4 Å². The van der Waals surface area contributed by atoms with Crippen LogP contribution in [0.15, 0.2) is 65.8 Å². The van der Waals surface area contributed by atoms with Crippen LogP contribution in [0.3, 0.4) is 0 Å². The van der Waals surface area contributed by atoms with Crippen molar-refractivity contribution in [2.24, 2.45) is 5.41 Å². The highest BCUT2D eigenvalue weighted by molar-refractivity contribution is 7.19. The van der Waals surface area contributed by atoms with Gasteiger partial charge >= 0.3 is 5.97 Å². The maximum atomic E-state index is 11.4. The summed E-state index contributed by atoms with van der Waals surface area (Å²) in [6.45, 7) is 3.63. The van der Waals surface area contributed by atoms with Gasteiger partial charge in [-0.05, 0) is 19.9 Å². The van der Waals surface area contributed by atoms with E-state index in [0.717, 1.165) is 27.3 Å².